The fourth-order valence-electron chi connectivity index (χ4n) is 4.57. The maximum absolute atomic E-state index is 6.51. The van der Waals surface area contributed by atoms with Gasteiger partial charge in [0.25, 0.3) is 0 Å². The minimum atomic E-state index is -0.625. The highest BCUT2D eigenvalue weighted by atomic mass is 16.8. The number of ether oxygens (including phenoxy) is 7. The Bertz CT molecular complexity index is 1060. The van der Waals surface area contributed by atoms with Crippen molar-refractivity contribution in [1.82, 2.24) is 0 Å². The van der Waals surface area contributed by atoms with Gasteiger partial charge in [-0.2, -0.15) is 0 Å². The number of methoxy groups -OCH3 is 2. The van der Waals surface area contributed by atoms with Crippen LogP contribution in [0.15, 0.2) is 84.9 Å². The van der Waals surface area contributed by atoms with E-state index in [0.29, 0.717) is 19.8 Å². The minimum Gasteiger partial charge on any atom is -0.497 e. The Hall–Kier alpha value is -2.78. The summed E-state index contributed by atoms with van der Waals surface area (Å²) in [7, 11) is 3.26. The van der Waals surface area contributed by atoms with Crippen molar-refractivity contribution in [3.63, 3.8) is 0 Å². The van der Waals surface area contributed by atoms with Crippen molar-refractivity contribution in [2.75, 3.05) is 20.8 Å². The summed E-state index contributed by atoms with van der Waals surface area (Å²) in [6.45, 7) is 1.15. The maximum atomic E-state index is 6.51. The largest absolute Gasteiger partial charge is 0.497 e. The van der Waals surface area contributed by atoms with Crippen molar-refractivity contribution >= 4 is 0 Å². The Labute approximate surface area is 211 Å². The summed E-state index contributed by atoms with van der Waals surface area (Å²) in [4.78, 5) is 0. The monoisotopic (exact) mass is 492 g/mol. The van der Waals surface area contributed by atoms with E-state index in [9.17, 15) is 0 Å². The molecule has 190 valence electrons. The third-order valence-electron chi connectivity index (χ3n) is 6.47. The molecule has 0 spiro atoms. The predicted molar refractivity (Wildman–Crippen MR) is 132 cm³/mol. The summed E-state index contributed by atoms with van der Waals surface area (Å²) in [5, 5.41) is 0. The molecule has 0 amide bonds. The van der Waals surface area contributed by atoms with E-state index in [1.165, 1.54) is 0 Å². The molecule has 3 aromatic rings. The zero-order chi connectivity index (χ0) is 24.7. The molecule has 2 fully saturated rings. The topological polar surface area (TPSA) is 64.6 Å². The first kappa shape index (κ1) is 24.9. The molecule has 0 unspecified atom stereocenters. The van der Waals surface area contributed by atoms with E-state index in [-0.39, 0.29) is 6.10 Å². The molecule has 0 aromatic heterocycles. The minimum absolute atomic E-state index is 0.345. The highest BCUT2D eigenvalue weighted by Gasteiger charge is 2.51. The first-order chi connectivity index (χ1) is 17.7. The maximum Gasteiger partial charge on any atom is 0.186 e. The highest BCUT2D eigenvalue weighted by Crippen LogP contribution is 2.37. The van der Waals surface area contributed by atoms with E-state index >= 15 is 0 Å². The van der Waals surface area contributed by atoms with Crippen LogP contribution in [0, 0.1) is 0 Å². The second kappa shape index (κ2) is 12.0. The lowest BCUT2D eigenvalue weighted by molar-refractivity contribution is -0.369. The summed E-state index contributed by atoms with van der Waals surface area (Å²) in [6, 6.07) is 27.7. The molecular weight excluding hydrogens is 460 g/mol. The molecule has 3 aromatic carbocycles. The molecule has 7 heteroatoms. The van der Waals surface area contributed by atoms with E-state index in [1.54, 1.807) is 14.2 Å². The van der Waals surface area contributed by atoms with Crippen LogP contribution in [0.25, 0.3) is 0 Å². The fourth-order valence-corrected chi connectivity index (χ4v) is 4.57. The molecular formula is C29H32O7. The van der Waals surface area contributed by atoms with Crippen LogP contribution in [-0.4, -0.2) is 51.5 Å². The average molecular weight is 493 g/mol. The lowest BCUT2D eigenvalue weighted by atomic mass is 9.97. The van der Waals surface area contributed by atoms with E-state index in [4.69, 9.17) is 33.2 Å². The zero-order valence-electron chi connectivity index (χ0n) is 20.5. The summed E-state index contributed by atoms with van der Waals surface area (Å²) >= 11 is 0. The lowest BCUT2D eigenvalue weighted by Gasteiger charge is -2.48. The molecule has 0 bridgehead atoms. The first-order valence-corrected chi connectivity index (χ1v) is 12.2. The number of rotatable bonds is 9. The van der Waals surface area contributed by atoms with E-state index in [2.05, 4.69) is 0 Å². The van der Waals surface area contributed by atoms with Gasteiger partial charge < -0.3 is 33.2 Å². The Morgan fingerprint density at radius 1 is 0.722 bits per heavy atom. The summed E-state index contributed by atoms with van der Waals surface area (Å²) in [5.74, 6) is 0.773. The van der Waals surface area contributed by atoms with Crippen LogP contribution < -0.4 is 4.74 Å². The molecule has 0 N–H and O–H groups in total. The molecule has 7 nitrogen and oxygen atoms in total. The van der Waals surface area contributed by atoms with E-state index < -0.39 is 30.9 Å². The van der Waals surface area contributed by atoms with E-state index in [0.717, 1.165) is 22.4 Å². The van der Waals surface area contributed by atoms with Crippen molar-refractivity contribution in [2.24, 2.45) is 0 Å². The highest BCUT2D eigenvalue weighted by molar-refractivity contribution is 5.28. The quantitative estimate of drug-likeness (QED) is 0.431. The smallest absolute Gasteiger partial charge is 0.186 e. The van der Waals surface area contributed by atoms with Crippen LogP contribution in [0.5, 0.6) is 5.75 Å². The van der Waals surface area contributed by atoms with Gasteiger partial charge >= 0.3 is 0 Å². The SMILES string of the molecule is COc1ccc([C@@H]2OC[C@H]3O[C@H](OC)[C@H](OCc4ccccc4)[C@@H](OCc4ccccc4)[C@@H]3O2)cc1. The van der Waals surface area contributed by atoms with Crippen molar-refractivity contribution in [2.45, 2.75) is 50.2 Å². The number of benzene rings is 3. The molecule has 36 heavy (non-hydrogen) atoms. The van der Waals surface area contributed by atoms with Crippen molar-refractivity contribution in [3.05, 3.63) is 102 Å². The molecule has 2 heterocycles. The van der Waals surface area contributed by atoms with Crippen LogP contribution >= 0.6 is 0 Å². The second-order valence-electron chi connectivity index (χ2n) is 8.84. The molecule has 0 aliphatic carbocycles. The third kappa shape index (κ3) is 5.78. The Morgan fingerprint density at radius 3 is 1.92 bits per heavy atom. The first-order valence-electron chi connectivity index (χ1n) is 12.2. The van der Waals surface area contributed by atoms with E-state index in [1.807, 2.05) is 84.9 Å². The number of hydrogen-bond donors (Lipinski definition) is 0. The van der Waals surface area contributed by atoms with Crippen LogP contribution in [0.4, 0.5) is 0 Å². The van der Waals surface area contributed by atoms with Gasteiger partial charge in [0.1, 0.15) is 30.2 Å². The standard InChI is InChI=1S/C29H32O7/c1-30-23-15-13-22(14-16-23)28-34-19-24-25(36-28)26(32-17-20-9-5-3-6-10-20)27(29(31-2)35-24)33-18-21-11-7-4-8-12-21/h3-16,24-29H,17-19H2,1-2H3/t24-,25-,26+,27-,28-,29+/m1/s1. The Morgan fingerprint density at radius 2 is 1.33 bits per heavy atom. The zero-order valence-corrected chi connectivity index (χ0v) is 20.5. The Balaban J connectivity index is 1.38. The normalized spacial score (nSPS) is 27.8. The molecule has 2 aliphatic heterocycles. The number of hydrogen-bond acceptors (Lipinski definition) is 7. The summed E-state index contributed by atoms with van der Waals surface area (Å²) < 4.78 is 42.6. The second-order valence-corrected chi connectivity index (χ2v) is 8.84. The van der Waals surface area contributed by atoms with Crippen LogP contribution in [0.1, 0.15) is 23.0 Å². The predicted octanol–water partition coefficient (Wildman–Crippen LogP) is 4.65. The number of fused-ring (bicyclic) bond motifs is 1. The van der Waals surface area contributed by atoms with Gasteiger partial charge in [0.15, 0.2) is 12.6 Å². The Kier molecular flexibility index (Phi) is 8.28. The van der Waals surface area contributed by atoms with Crippen LogP contribution in [0.3, 0.4) is 0 Å². The molecule has 2 saturated heterocycles. The molecule has 0 radical (unpaired) electrons. The van der Waals surface area contributed by atoms with Crippen molar-refractivity contribution in [1.29, 1.82) is 0 Å². The van der Waals surface area contributed by atoms with Gasteiger partial charge in [-0.25, -0.2) is 0 Å². The van der Waals surface area contributed by atoms with Gasteiger partial charge in [0.05, 0.1) is 26.9 Å². The lowest BCUT2D eigenvalue weighted by Crippen LogP contribution is -2.63. The van der Waals surface area contributed by atoms with Crippen molar-refractivity contribution < 1.29 is 33.2 Å². The molecule has 0 saturated carbocycles. The van der Waals surface area contributed by atoms with Gasteiger partial charge in [-0.05, 0) is 23.3 Å². The summed E-state index contributed by atoms with van der Waals surface area (Å²) in [5.41, 5.74) is 3.02. The van der Waals surface area contributed by atoms with Gasteiger partial charge in [-0.1, -0.05) is 72.8 Å². The molecule has 6 atom stereocenters. The van der Waals surface area contributed by atoms with Gasteiger partial charge in [-0.3, -0.25) is 0 Å². The van der Waals surface area contributed by atoms with Crippen molar-refractivity contribution in [3.8, 4) is 5.75 Å². The fraction of sp³-hybridized carbons (Fsp3) is 0.379. The third-order valence-corrected chi connectivity index (χ3v) is 6.47. The van der Waals surface area contributed by atoms with Gasteiger partial charge in [-0.15, -0.1) is 0 Å². The average Bonchev–Trinajstić information content (AvgIpc) is 2.95. The van der Waals surface area contributed by atoms with Crippen LogP contribution in [-0.2, 0) is 41.6 Å². The molecule has 5 rings (SSSR count). The summed E-state index contributed by atoms with van der Waals surface area (Å²) in [6.07, 6.45) is -2.90. The van der Waals surface area contributed by atoms with Gasteiger partial charge in [0, 0.05) is 12.7 Å². The van der Waals surface area contributed by atoms with Gasteiger partial charge in [0.2, 0.25) is 0 Å². The van der Waals surface area contributed by atoms with Crippen LogP contribution in [0.2, 0.25) is 0 Å². The molecule has 2 aliphatic rings.